The van der Waals surface area contributed by atoms with Crippen LogP contribution in [0.25, 0.3) is 11.0 Å². The van der Waals surface area contributed by atoms with Gasteiger partial charge in [0.15, 0.2) is 0 Å². The maximum Gasteiger partial charge on any atom is 0.319 e. The molecule has 0 bridgehead atoms. The largest absolute Gasteiger partial charge is 0.459 e. The lowest BCUT2D eigenvalue weighted by atomic mass is 10.1. The van der Waals surface area contributed by atoms with Crippen molar-refractivity contribution in [3.63, 3.8) is 0 Å². The molecule has 1 atom stereocenters. The number of fused-ring (bicyclic) bond motifs is 1. The first-order valence-electron chi connectivity index (χ1n) is 9.35. The third-order valence-electron chi connectivity index (χ3n) is 4.70. The van der Waals surface area contributed by atoms with Crippen LogP contribution in [0, 0.1) is 13.8 Å². The second-order valence-electron chi connectivity index (χ2n) is 6.80. The Bertz CT molecular complexity index is 1020. The molecule has 0 unspecified atom stereocenters. The van der Waals surface area contributed by atoms with Gasteiger partial charge in [-0.1, -0.05) is 18.2 Å². The zero-order valence-corrected chi connectivity index (χ0v) is 16.6. The zero-order valence-electron chi connectivity index (χ0n) is 16.6. The van der Waals surface area contributed by atoms with Gasteiger partial charge >= 0.3 is 6.03 Å². The van der Waals surface area contributed by atoms with Gasteiger partial charge in [0.05, 0.1) is 6.04 Å². The van der Waals surface area contributed by atoms with Crippen LogP contribution >= 0.6 is 0 Å². The minimum absolute atomic E-state index is 0.129. The Balaban J connectivity index is 1.69. The molecule has 3 rings (SSSR count). The van der Waals surface area contributed by atoms with Gasteiger partial charge in [0.1, 0.15) is 11.3 Å². The van der Waals surface area contributed by atoms with E-state index in [0.717, 1.165) is 27.9 Å². The number of furan rings is 1. The number of para-hydroxylation sites is 1. The van der Waals surface area contributed by atoms with E-state index in [9.17, 15) is 9.59 Å². The first-order chi connectivity index (χ1) is 13.4. The second-order valence-corrected chi connectivity index (χ2v) is 6.80. The maximum atomic E-state index is 12.5. The summed E-state index contributed by atoms with van der Waals surface area (Å²) in [6.07, 6.45) is 0. The highest BCUT2D eigenvalue weighted by Gasteiger charge is 2.18. The SMILES string of the molecule is CCNC(=O)c1ccc(NC(=O)N[C@@H](C)c2oc3ccccc3c2C)c(C)c1. The van der Waals surface area contributed by atoms with Crippen LogP contribution in [0.3, 0.4) is 0 Å². The second kappa shape index (κ2) is 8.17. The van der Waals surface area contributed by atoms with E-state index < -0.39 is 0 Å². The molecule has 3 aromatic rings. The number of carbonyl (C=O) groups is 2. The Hall–Kier alpha value is -3.28. The van der Waals surface area contributed by atoms with Gasteiger partial charge in [-0.3, -0.25) is 4.79 Å². The van der Waals surface area contributed by atoms with E-state index in [1.54, 1.807) is 18.2 Å². The summed E-state index contributed by atoms with van der Waals surface area (Å²) in [6.45, 7) is 8.16. The van der Waals surface area contributed by atoms with E-state index in [0.29, 0.717) is 17.8 Å². The molecular formula is C22H25N3O3. The lowest BCUT2D eigenvalue weighted by Gasteiger charge is -2.15. The van der Waals surface area contributed by atoms with E-state index in [2.05, 4.69) is 16.0 Å². The smallest absolute Gasteiger partial charge is 0.319 e. The van der Waals surface area contributed by atoms with Crippen LogP contribution in [0.15, 0.2) is 46.9 Å². The van der Waals surface area contributed by atoms with Crippen molar-refractivity contribution >= 4 is 28.6 Å². The third-order valence-corrected chi connectivity index (χ3v) is 4.70. The van der Waals surface area contributed by atoms with E-state index in [1.807, 2.05) is 52.0 Å². The Morgan fingerprint density at radius 3 is 2.54 bits per heavy atom. The molecule has 146 valence electrons. The number of benzene rings is 2. The number of amides is 3. The van der Waals surface area contributed by atoms with Crippen LogP contribution in [-0.2, 0) is 0 Å². The Morgan fingerprint density at radius 1 is 1.11 bits per heavy atom. The molecule has 0 fully saturated rings. The quantitative estimate of drug-likeness (QED) is 0.602. The molecule has 3 N–H and O–H groups in total. The molecule has 0 spiro atoms. The van der Waals surface area contributed by atoms with Crippen LogP contribution < -0.4 is 16.0 Å². The van der Waals surface area contributed by atoms with Gasteiger partial charge in [0.25, 0.3) is 5.91 Å². The summed E-state index contributed by atoms with van der Waals surface area (Å²) < 4.78 is 5.91. The highest BCUT2D eigenvalue weighted by Crippen LogP contribution is 2.29. The number of nitrogens with one attached hydrogen (secondary N) is 3. The van der Waals surface area contributed by atoms with Crippen molar-refractivity contribution in [2.75, 3.05) is 11.9 Å². The molecule has 1 aromatic heterocycles. The number of anilines is 1. The number of aryl methyl sites for hydroxylation is 2. The van der Waals surface area contributed by atoms with Crippen molar-refractivity contribution in [3.05, 3.63) is 64.9 Å². The minimum atomic E-state index is -0.332. The fourth-order valence-corrected chi connectivity index (χ4v) is 3.23. The summed E-state index contributed by atoms with van der Waals surface area (Å²) in [5, 5.41) is 9.55. The predicted molar refractivity (Wildman–Crippen MR) is 111 cm³/mol. The van der Waals surface area contributed by atoms with Crippen molar-refractivity contribution in [2.24, 2.45) is 0 Å². The summed E-state index contributed by atoms with van der Waals surface area (Å²) in [6, 6.07) is 12.4. The standard InChI is InChI=1S/C22H25N3O3/c1-5-23-21(26)16-10-11-18(13(2)12-16)25-22(27)24-15(4)20-14(3)17-8-6-7-9-19(17)28-20/h6-12,15H,5H2,1-4H3,(H,23,26)(H2,24,25,27)/t15-/m0/s1. The molecule has 0 saturated carbocycles. The first kappa shape index (κ1) is 19.5. The van der Waals surface area contributed by atoms with E-state index in [4.69, 9.17) is 4.42 Å². The Labute approximate surface area is 164 Å². The number of rotatable bonds is 5. The lowest BCUT2D eigenvalue weighted by molar-refractivity contribution is 0.0955. The average Bonchev–Trinajstić information content (AvgIpc) is 3.00. The molecule has 2 aromatic carbocycles. The summed E-state index contributed by atoms with van der Waals surface area (Å²) >= 11 is 0. The van der Waals surface area contributed by atoms with Crippen molar-refractivity contribution < 1.29 is 14.0 Å². The molecule has 0 aliphatic rings. The van der Waals surface area contributed by atoms with Crippen molar-refractivity contribution in [1.82, 2.24) is 10.6 Å². The zero-order chi connectivity index (χ0) is 20.3. The average molecular weight is 379 g/mol. The number of urea groups is 1. The van der Waals surface area contributed by atoms with Gasteiger partial charge in [-0.25, -0.2) is 4.79 Å². The van der Waals surface area contributed by atoms with Crippen LogP contribution in [-0.4, -0.2) is 18.5 Å². The summed E-state index contributed by atoms with van der Waals surface area (Å²) in [5.41, 5.74) is 3.86. The molecule has 3 amide bonds. The van der Waals surface area contributed by atoms with E-state index >= 15 is 0 Å². The van der Waals surface area contributed by atoms with Crippen molar-refractivity contribution in [3.8, 4) is 0 Å². The van der Waals surface area contributed by atoms with E-state index in [-0.39, 0.29) is 18.0 Å². The van der Waals surface area contributed by atoms with Crippen LogP contribution in [0.5, 0.6) is 0 Å². The monoisotopic (exact) mass is 379 g/mol. The van der Waals surface area contributed by atoms with Gasteiger partial charge in [-0.15, -0.1) is 0 Å². The van der Waals surface area contributed by atoms with Gasteiger partial charge in [-0.05, 0) is 57.5 Å². The number of carbonyl (C=O) groups excluding carboxylic acids is 2. The summed E-state index contributed by atoms with van der Waals surface area (Å²) in [7, 11) is 0. The molecule has 0 aliphatic carbocycles. The highest BCUT2D eigenvalue weighted by molar-refractivity contribution is 5.96. The topological polar surface area (TPSA) is 83.4 Å². The first-order valence-corrected chi connectivity index (χ1v) is 9.35. The number of hydrogen-bond acceptors (Lipinski definition) is 3. The molecule has 6 nitrogen and oxygen atoms in total. The highest BCUT2D eigenvalue weighted by atomic mass is 16.3. The molecule has 6 heteroatoms. The lowest BCUT2D eigenvalue weighted by Crippen LogP contribution is -2.31. The van der Waals surface area contributed by atoms with Gasteiger partial charge in [0, 0.05) is 28.7 Å². The fourth-order valence-electron chi connectivity index (χ4n) is 3.23. The van der Waals surface area contributed by atoms with Gasteiger partial charge in [0.2, 0.25) is 0 Å². The van der Waals surface area contributed by atoms with Crippen LogP contribution in [0.2, 0.25) is 0 Å². The normalized spacial score (nSPS) is 11.9. The van der Waals surface area contributed by atoms with Gasteiger partial charge < -0.3 is 20.4 Å². The van der Waals surface area contributed by atoms with Crippen LogP contribution in [0.4, 0.5) is 10.5 Å². The molecule has 28 heavy (non-hydrogen) atoms. The molecule has 0 saturated heterocycles. The predicted octanol–water partition coefficient (Wildman–Crippen LogP) is 4.68. The fraction of sp³-hybridized carbons (Fsp3) is 0.273. The molecular weight excluding hydrogens is 354 g/mol. The Kier molecular flexibility index (Phi) is 5.68. The Morgan fingerprint density at radius 2 is 1.86 bits per heavy atom. The maximum absolute atomic E-state index is 12.5. The van der Waals surface area contributed by atoms with E-state index in [1.165, 1.54) is 0 Å². The molecule has 1 heterocycles. The number of hydrogen-bond donors (Lipinski definition) is 3. The van der Waals surface area contributed by atoms with Crippen molar-refractivity contribution in [1.29, 1.82) is 0 Å². The molecule has 0 radical (unpaired) electrons. The minimum Gasteiger partial charge on any atom is -0.459 e. The van der Waals surface area contributed by atoms with Gasteiger partial charge in [-0.2, -0.15) is 0 Å². The van der Waals surface area contributed by atoms with Crippen molar-refractivity contribution in [2.45, 2.75) is 33.7 Å². The summed E-state index contributed by atoms with van der Waals surface area (Å²) in [4.78, 5) is 24.4. The summed E-state index contributed by atoms with van der Waals surface area (Å²) in [5.74, 6) is 0.607. The molecule has 0 aliphatic heterocycles. The third kappa shape index (κ3) is 4.01. The van der Waals surface area contributed by atoms with Crippen LogP contribution in [0.1, 0.15) is 47.1 Å².